The number of rotatable bonds is 3. The van der Waals surface area contributed by atoms with Gasteiger partial charge in [-0.15, -0.1) is 0 Å². The Labute approximate surface area is 128 Å². The number of carbonyl (C=O) groups is 1. The van der Waals surface area contributed by atoms with Crippen molar-refractivity contribution in [2.24, 2.45) is 5.14 Å². The second-order valence-electron chi connectivity index (χ2n) is 3.99. The Morgan fingerprint density at radius 3 is 2.71 bits per heavy atom. The zero-order chi connectivity index (χ0) is 15.8. The summed E-state index contributed by atoms with van der Waals surface area (Å²) in [5.41, 5.74) is -0.114. The van der Waals surface area contributed by atoms with Crippen LogP contribution in [0.2, 0.25) is 5.02 Å². The Kier molecular flexibility index (Phi) is 4.28. The summed E-state index contributed by atoms with van der Waals surface area (Å²) in [7, 11) is -3.92. The lowest BCUT2D eigenvalue weighted by Gasteiger charge is -2.03. The maximum atomic E-state index is 13.7. The van der Waals surface area contributed by atoms with E-state index < -0.39 is 21.7 Å². The summed E-state index contributed by atoms with van der Waals surface area (Å²) in [6, 6.07) is 3.97. The number of aromatic nitrogens is 1. The highest BCUT2D eigenvalue weighted by Gasteiger charge is 2.20. The molecule has 1 aromatic heterocycles. The Bertz CT molecular complexity index is 820. The Hall–Kier alpha value is -1.55. The molecule has 0 radical (unpaired) electrons. The average Bonchev–Trinajstić information content (AvgIpc) is 2.73. The van der Waals surface area contributed by atoms with Crippen LogP contribution < -0.4 is 10.5 Å². The first-order chi connectivity index (χ1) is 9.70. The first kappa shape index (κ1) is 15.8. The number of benzene rings is 1. The molecule has 21 heavy (non-hydrogen) atoms. The lowest BCUT2D eigenvalue weighted by atomic mass is 10.2. The molecule has 1 amide bonds. The number of hydrogen-bond donors (Lipinski definition) is 2. The van der Waals surface area contributed by atoms with Gasteiger partial charge in [-0.1, -0.05) is 29.0 Å². The fourth-order valence-electron chi connectivity index (χ4n) is 1.54. The van der Waals surface area contributed by atoms with Crippen LogP contribution in [0.25, 0.3) is 0 Å². The van der Waals surface area contributed by atoms with E-state index in [1.807, 2.05) is 0 Å². The molecule has 0 aliphatic heterocycles. The number of carbonyl (C=O) groups excluding carboxylic acids is 1. The Morgan fingerprint density at radius 2 is 2.14 bits per heavy atom. The highest BCUT2D eigenvalue weighted by molar-refractivity contribution is 7.91. The first-order valence-electron chi connectivity index (χ1n) is 5.45. The molecule has 2 rings (SSSR count). The van der Waals surface area contributed by atoms with E-state index in [1.165, 1.54) is 25.1 Å². The largest absolute Gasteiger partial charge is 0.298 e. The number of anilines is 1. The molecule has 0 saturated heterocycles. The van der Waals surface area contributed by atoms with Crippen molar-refractivity contribution in [2.45, 2.75) is 11.1 Å². The number of sulfonamides is 1. The molecule has 1 heterocycles. The summed E-state index contributed by atoms with van der Waals surface area (Å²) >= 11 is 6.27. The lowest BCUT2D eigenvalue weighted by Crippen LogP contribution is -2.13. The average molecular weight is 350 g/mol. The molecule has 0 aliphatic carbocycles. The van der Waals surface area contributed by atoms with E-state index in [0.29, 0.717) is 11.3 Å². The minimum absolute atomic E-state index is 0.000834. The molecule has 112 valence electrons. The van der Waals surface area contributed by atoms with Gasteiger partial charge in [0.25, 0.3) is 5.91 Å². The number of nitrogens with two attached hydrogens (primary N) is 1. The SMILES string of the molecule is Cc1nc(NC(=O)c2cccc(Cl)c2F)sc1S(N)(=O)=O. The molecule has 0 aliphatic rings. The van der Waals surface area contributed by atoms with Gasteiger partial charge in [0.1, 0.15) is 0 Å². The normalized spacial score (nSPS) is 11.4. The second kappa shape index (κ2) is 5.68. The van der Waals surface area contributed by atoms with Gasteiger partial charge in [0.05, 0.1) is 16.3 Å². The van der Waals surface area contributed by atoms with Crippen LogP contribution in [0.4, 0.5) is 9.52 Å². The summed E-state index contributed by atoms with van der Waals surface area (Å²) in [5, 5.41) is 7.13. The molecule has 0 spiro atoms. The summed E-state index contributed by atoms with van der Waals surface area (Å²) in [6.45, 7) is 1.44. The van der Waals surface area contributed by atoms with Gasteiger partial charge >= 0.3 is 0 Å². The van der Waals surface area contributed by atoms with Crippen molar-refractivity contribution >= 4 is 44.0 Å². The molecule has 0 saturated carbocycles. The molecule has 0 atom stereocenters. The quantitative estimate of drug-likeness (QED) is 0.886. The molecule has 0 fully saturated rings. The van der Waals surface area contributed by atoms with Crippen LogP contribution in [-0.2, 0) is 10.0 Å². The van der Waals surface area contributed by atoms with Crippen LogP contribution in [0.5, 0.6) is 0 Å². The van der Waals surface area contributed by atoms with Crippen LogP contribution >= 0.6 is 22.9 Å². The topological polar surface area (TPSA) is 102 Å². The fourth-order valence-corrected chi connectivity index (χ4v) is 3.57. The van der Waals surface area contributed by atoms with Crippen molar-refractivity contribution in [3.05, 3.63) is 40.3 Å². The number of hydrogen-bond acceptors (Lipinski definition) is 5. The molecule has 3 N–H and O–H groups in total. The fraction of sp³-hybridized carbons (Fsp3) is 0.0909. The molecule has 1 aromatic carbocycles. The number of halogens is 2. The molecular weight excluding hydrogens is 341 g/mol. The molecule has 0 unspecified atom stereocenters. The molecule has 2 aromatic rings. The number of amides is 1. The van der Waals surface area contributed by atoms with E-state index in [2.05, 4.69) is 10.3 Å². The van der Waals surface area contributed by atoms with Crippen molar-refractivity contribution in [3.8, 4) is 0 Å². The van der Waals surface area contributed by atoms with E-state index in [4.69, 9.17) is 16.7 Å². The van der Waals surface area contributed by atoms with Gasteiger partial charge in [0, 0.05) is 0 Å². The monoisotopic (exact) mass is 349 g/mol. The van der Waals surface area contributed by atoms with Gasteiger partial charge in [-0.05, 0) is 19.1 Å². The molecule has 0 bridgehead atoms. The smallest absolute Gasteiger partial charge is 0.260 e. The maximum absolute atomic E-state index is 13.7. The molecule has 10 heteroatoms. The molecular formula is C11H9ClFN3O3S2. The first-order valence-corrected chi connectivity index (χ1v) is 8.20. The number of thiazole rings is 1. The van der Waals surface area contributed by atoms with Gasteiger partial charge in [-0.3, -0.25) is 10.1 Å². The van der Waals surface area contributed by atoms with E-state index in [0.717, 1.165) is 0 Å². The van der Waals surface area contributed by atoms with Crippen molar-refractivity contribution in [1.82, 2.24) is 4.98 Å². The maximum Gasteiger partial charge on any atom is 0.260 e. The summed E-state index contributed by atoms with van der Waals surface area (Å²) in [5.74, 6) is -1.65. The third kappa shape index (κ3) is 3.38. The van der Waals surface area contributed by atoms with Gasteiger partial charge in [0.2, 0.25) is 10.0 Å². The van der Waals surface area contributed by atoms with E-state index in [1.54, 1.807) is 0 Å². The van der Waals surface area contributed by atoms with Crippen LogP contribution in [0, 0.1) is 12.7 Å². The van der Waals surface area contributed by atoms with Crippen LogP contribution in [0.1, 0.15) is 16.1 Å². The Balaban J connectivity index is 2.31. The van der Waals surface area contributed by atoms with Crippen molar-refractivity contribution in [3.63, 3.8) is 0 Å². The third-order valence-corrected chi connectivity index (χ3v) is 5.35. The zero-order valence-corrected chi connectivity index (χ0v) is 12.9. The van der Waals surface area contributed by atoms with Crippen molar-refractivity contribution in [2.75, 3.05) is 5.32 Å². The van der Waals surface area contributed by atoms with Gasteiger partial charge in [0.15, 0.2) is 15.2 Å². The lowest BCUT2D eigenvalue weighted by molar-refractivity contribution is 0.102. The second-order valence-corrected chi connectivity index (χ2v) is 7.16. The number of primary sulfonamides is 1. The van der Waals surface area contributed by atoms with Crippen LogP contribution in [0.3, 0.4) is 0 Å². The van der Waals surface area contributed by atoms with Gasteiger partial charge in [-0.25, -0.2) is 22.9 Å². The predicted molar refractivity (Wildman–Crippen MR) is 77.6 cm³/mol. The van der Waals surface area contributed by atoms with E-state index in [9.17, 15) is 17.6 Å². The van der Waals surface area contributed by atoms with Crippen molar-refractivity contribution in [1.29, 1.82) is 0 Å². The van der Waals surface area contributed by atoms with E-state index >= 15 is 0 Å². The number of aryl methyl sites for hydroxylation is 1. The number of nitrogens with zero attached hydrogens (tertiary/aromatic N) is 1. The minimum atomic E-state index is -3.92. The number of nitrogens with one attached hydrogen (secondary N) is 1. The van der Waals surface area contributed by atoms with Crippen LogP contribution in [-0.4, -0.2) is 19.3 Å². The summed E-state index contributed by atoms with van der Waals surface area (Å²) in [6.07, 6.45) is 0. The van der Waals surface area contributed by atoms with Crippen LogP contribution in [0.15, 0.2) is 22.4 Å². The zero-order valence-electron chi connectivity index (χ0n) is 10.6. The van der Waals surface area contributed by atoms with Gasteiger partial charge < -0.3 is 0 Å². The predicted octanol–water partition coefficient (Wildman–Crippen LogP) is 2.14. The summed E-state index contributed by atoms with van der Waals surface area (Å²) in [4.78, 5) is 15.8. The van der Waals surface area contributed by atoms with E-state index in [-0.39, 0.29) is 25.6 Å². The minimum Gasteiger partial charge on any atom is -0.298 e. The summed E-state index contributed by atoms with van der Waals surface area (Å²) < 4.78 is 36.1. The van der Waals surface area contributed by atoms with Crippen molar-refractivity contribution < 1.29 is 17.6 Å². The molecule has 6 nitrogen and oxygen atoms in total. The highest BCUT2D eigenvalue weighted by Crippen LogP contribution is 2.27. The highest BCUT2D eigenvalue weighted by atomic mass is 35.5. The standard InChI is InChI=1S/C11H9ClFN3O3S2/c1-5-10(21(14,18)19)20-11(15-5)16-9(17)6-3-2-4-7(12)8(6)13/h2-4H,1H3,(H2,14,18,19)(H,15,16,17). The third-order valence-electron chi connectivity index (χ3n) is 2.43. The Morgan fingerprint density at radius 1 is 1.48 bits per heavy atom. The van der Waals surface area contributed by atoms with Gasteiger partial charge in [-0.2, -0.15) is 0 Å².